The lowest BCUT2D eigenvalue weighted by atomic mass is 10.0. The average molecular weight is 360 g/mol. The van der Waals surface area contributed by atoms with Crippen LogP contribution < -0.4 is 10.6 Å². The molecule has 142 valence electrons. The summed E-state index contributed by atoms with van der Waals surface area (Å²) in [4.78, 5) is 28.7. The number of anilines is 1. The van der Waals surface area contributed by atoms with Crippen molar-refractivity contribution in [3.8, 4) is 0 Å². The lowest BCUT2D eigenvalue weighted by molar-refractivity contribution is -0.137. The van der Waals surface area contributed by atoms with Crippen LogP contribution >= 0.6 is 0 Å². The quantitative estimate of drug-likeness (QED) is 0.835. The number of nitrogens with one attached hydrogen (secondary N) is 2. The van der Waals surface area contributed by atoms with Crippen molar-refractivity contribution in [3.63, 3.8) is 0 Å². The van der Waals surface area contributed by atoms with Gasteiger partial charge in [-0.2, -0.15) is 0 Å². The molecule has 3 amide bonds. The SMILES string of the molecule is O=C(NC[C@@H]1CCCCN1CC(=O)N1CCOCC1)Nc1ccccc1. The number of para-hydroxylation sites is 1. The number of carbonyl (C=O) groups excluding carboxylic acids is 2. The summed E-state index contributed by atoms with van der Waals surface area (Å²) < 4.78 is 5.31. The Hall–Kier alpha value is -2.12. The molecule has 0 spiro atoms. The molecule has 2 heterocycles. The second-order valence-corrected chi connectivity index (χ2v) is 6.81. The van der Waals surface area contributed by atoms with Crippen molar-refractivity contribution in [2.45, 2.75) is 25.3 Å². The Balaban J connectivity index is 1.47. The van der Waals surface area contributed by atoms with Crippen molar-refractivity contribution in [3.05, 3.63) is 30.3 Å². The minimum atomic E-state index is -0.207. The molecule has 3 rings (SSSR count). The highest BCUT2D eigenvalue weighted by Gasteiger charge is 2.27. The second-order valence-electron chi connectivity index (χ2n) is 6.81. The van der Waals surface area contributed by atoms with E-state index in [0.29, 0.717) is 39.4 Å². The number of urea groups is 1. The minimum absolute atomic E-state index is 0.161. The third kappa shape index (κ3) is 5.44. The van der Waals surface area contributed by atoms with Gasteiger partial charge in [0, 0.05) is 31.4 Å². The molecule has 2 fully saturated rings. The third-order valence-corrected chi connectivity index (χ3v) is 4.98. The van der Waals surface area contributed by atoms with Gasteiger partial charge in [0.05, 0.1) is 19.8 Å². The van der Waals surface area contributed by atoms with Gasteiger partial charge >= 0.3 is 6.03 Å². The van der Waals surface area contributed by atoms with Gasteiger partial charge in [-0.05, 0) is 31.5 Å². The summed E-state index contributed by atoms with van der Waals surface area (Å²) in [5, 5.41) is 5.78. The van der Waals surface area contributed by atoms with Gasteiger partial charge in [-0.15, -0.1) is 0 Å². The van der Waals surface area contributed by atoms with E-state index in [2.05, 4.69) is 15.5 Å². The summed E-state index contributed by atoms with van der Waals surface area (Å²) in [5.41, 5.74) is 0.771. The van der Waals surface area contributed by atoms with Crippen molar-refractivity contribution in [1.29, 1.82) is 0 Å². The number of nitrogens with zero attached hydrogens (tertiary/aromatic N) is 2. The summed E-state index contributed by atoms with van der Waals surface area (Å²) in [6.07, 6.45) is 3.24. The number of morpholine rings is 1. The number of piperidine rings is 1. The molecule has 0 bridgehead atoms. The fraction of sp³-hybridized carbons (Fsp3) is 0.579. The highest BCUT2D eigenvalue weighted by molar-refractivity contribution is 5.89. The first kappa shape index (κ1) is 18.7. The predicted octanol–water partition coefficient (Wildman–Crippen LogP) is 1.52. The van der Waals surface area contributed by atoms with Gasteiger partial charge in [0.15, 0.2) is 0 Å². The van der Waals surface area contributed by atoms with Gasteiger partial charge < -0.3 is 20.3 Å². The molecule has 0 radical (unpaired) electrons. The lowest BCUT2D eigenvalue weighted by Crippen LogP contribution is -2.52. The molecular formula is C19H28N4O3. The van der Waals surface area contributed by atoms with E-state index in [1.165, 1.54) is 0 Å². The zero-order chi connectivity index (χ0) is 18.2. The Morgan fingerprint density at radius 3 is 2.62 bits per heavy atom. The number of hydrogen-bond acceptors (Lipinski definition) is 4. The fourth-order valence-electron chi connectivity index (χ4n) is 3.49. The topological polar surface area (TPSA) is 73.9 Å². The third-order valence-electron chi connectivity index (χ3n) is 4.98. The van der Waals surface area contributed by atoms with Crippen molar-refractivity contribution in [2.24, 2.45) is 0 Å². The van der Waals surface area contributed by atoms with E-state index in [4.69, 9.17) is 4.74 Å². The smallest absolute Gasteiger partial charge is 0.319 e. The molecule has 0 aromatic heterocycles. The number of likely N-dealkylation sites (tertiary alicyclic amines) is 1. The van der Waals surface area contributed by atoms with E-state index >= 15 is 0 Å². The minimum Gasteiger partial charge on any atom is -0.378 e. The number of amides is 3. The summed E-state index contributed by atoms with van der Waals surface area (Å²) >= 11 is 0. The number of rotatable bonds is 5. The van der Waals surface area contributed by atoms with Crippen LogP contribution in [0.1, 0.15) is 19.3 Å². The van der Waals surface area contributed by atoms with Gasteiger partial charge in [-0.3, -0.25) is 9.69 Å². The molecule has 7 heteroatoms. The zero-order valence-electron chi connectivity index (χ0n) is 15.2. The number of benzene rings is 1. The van der Waals surface area contributed by atoms with Gasteiger partial charge in [0.1, 0.15) is 0 Å². The standard InChI is InChI=1S/C19H28N4O3/c24-18(22-10-12-26-13-11-22)15-23-9-5-4-8-17(23)14-20-19(25)21-16-6-2-1-3-7-16/h1-3,6-7,17H,4-5,8-15H2,(H2,20,21,25)/t17-/m0/s1. The molecule has 2 saturated heterocycles. The normalized spacial score (nSPS) is 21.2. The molecule has 1 atom stereocenters. The first-order valence-corrected chi connectivity index (χ1v) is 9.42. The van der Waals surface area contributed by atoms with E-state index in [1.807, 2.05) is 35.2 Å². The molecule has 0 saturated carbocycles. The maximum absolute atomic E-state index is 12.5. The number of hydrogen-bond donors (Lipinski definition) is 2. The Kier molecular flexibility index (Phi) is 6.85. The molecular weight excluding hydrogens is 332 g/mol. The number of ether oxygens (including phenoxy) is 1. The summed E-state index contributed by atoms with van der Waals surface area (Å²) in [6.45, 7) is 4.47. The highest BCUT2D eigenvalue weighted by Crippen LogP contribution is 2.17. The van der Waals surface area contributed by atoms with Crippen LogP contribution in [0.25, 0.3) is 0 Å². The molecule has 0 unspecified atom stereocenters. The molecule has 2 aliphatic rings. The Bertz CT molecular complexity index is 590. The van der Waals surface area contributed by atoms with Crippen molar-refractivity contribution >= 4 is 17.6 Å². The Morgan fingerprint density at radius 2 is 1.85 bits per heavy atom. The van der Waals surface area contributed by atoms with Crippen molar-refractivity contribution in [1.82, 2.24) is 15.1 Å². The van der Waals surface area contributed by atoms with Gasteiger partial charge in [-0.25, -0.2) is 4.79 Å². The molecule has 26 heavy (non-hydrogen) atoms. The van der Waals surface area contributed by atoms with Crippen LogP contribution in [0.5, 0.6) is 0 Å². The molecule has 0 aliphatic carbocycles. The van der Waals surface area contributed by atoms with Gasteiger partial charge in [0.25, 0.3) is 0 Å². The van der Waals surface area contributed by atoms with Crippen LogP contribution in [0.4, 0.5) is 10.5 Å². The summed E-state index contributed by atoms with van der Waals surface area (Å²) in [6, 6.07) is 9.39. The summed E-state index contributed by atoms with van der Waals surface area (Å²) in [7, 11) is 0. The zero-order valence-corrected chi connectivity index (χ0v) is 15.2. The molecule has 1 aromatic carbocycles. The highest BCUT2D eigenvalue weighted by atomic mass is 16.5. The first-order valence-electron chi connectivity index (χ1n) is 9.42. The van der Waals surface area contributed by atoms with Crippen LogP contribution in [-0.2, 0) is 9.53 Å². The van der Waals surface area contributed by atoms with E-state index in [1.54, 1.807) is 0 Å². The van der Waals surface area contributed by atoms with Crippen LogP contribution in [0.15, 0.2) is 30.3 Å². The lowest BCUT2D eigenvalue weighted by Gasteiger charge is -2.37. The van der Waals surface area contributed by atoms with Crippen LogP contribution in [0.3, 0.4) is 0 Å². The van der Waals surface area contributed by atoms with Crippen LogP contribution in [-0.4, -0.2) is 73.7 Å². The molecule has 2 aliphatic heterocycles. The summed E-state index contributed by atoms with van der Waals surface area (Å²) in [5.74, 6) is 0.161. The predicted molar refractivity (Wildman–Crippen MR) is 100 cm³/mol. The van der Waals surface area contributed by atoms with Crippen molar-refractivity contribution in [2.75, 3.05) is 51.3 Å². The molecule has 7 nitrogen and oxygen atoms in total. The Labute approximate surface area is 154 Å². The fourth-order valence-corrected chi connectivity index (χ4v) is 3.49. The second kappa shape index (κ2) is 9.54. The van der Waals surface area contributed by atoms with Crippen molar-refractivity contribution < 1.29 is 14.3 Å². The van der Waals surface area contributed by atoms with Crippen LogP contribution in [0.2, 0.25) is 0 Å². The maximum atomic E-state index is 12.5. The van der Waals surface area contributed by atoms with E-state index in [9.17, 15) is 9.59 Å². The maximum Gasteiger partial charge on any atom is 0.319 e. The van der Waals surface area contributed by atoms with E-state index in [0.717, 1.165) is 31.5 Å². The van der Waals surface area contributed by atoms with E-state index in [-0.39, 0.29) is 18.0 Å². The Morgan fingerprint density at radius 1 is 1.08 bits per heavy atom. The molecule has 2 N–H and O–H groups in total. The first-order chi connectivity index (χ1) is 12.7. The average Bonchev–Trinajstić information content (AvgIpc) is 2.69. The number of carbonyl (C=O) groups is 2. The largest absolute Gasteiger partial charge is 0.378 e. The van der Waals surface area contributed by atoms with E-state index < -0.39 is 0 Å². The van der Waals surface area contributed by atoms with Gasteiger partial charge in [-0.1, -0.05) is 24.6 Å². The van der Waals surface area contributed by atoms with Gasteiger partial charge in [0.2, 0.25) is 5.91 Å². The van der Waals surface area contributed by atoms with Crippen LogP contribution in [0, 0.1) is 0 Å². The monoisotopic (exact) mass is 360 g/mol. The molecule has 1 aromatic rings.